The first-order valence-electron chi connectivity index (χ1n) is 6.98. The first-order chi connectivity index (χ1) is 9.61. The lowest BCUT2D eigenvalue weighted by atomic mass is 9.95. The van der Waals surface area contributed by atoms with Crippen LogP contribution in [-0.2, 0) is 9.59 Å². The van der Waals surface area contributed by atoms with Crippen LogP contribution in [0.3, 0.4) is 0 Å². The largest absolute Gasteiger partial charge is 0.348 e. The molecule has 1 aromatic carbocycles. The van der Waals surface area contributed by atoms with Crippen molar-refractivity contribution in [2.75, 3.05) is 0 Å². The summed E-state index contributed by atoms with van der Waals surface area (Å²) in [6.07, 6.45) is 0. The molecule has 0 aromatic heterocycles. The molecule has 2 atom stereocenters. The third-order valence-corrected chi connectivity index (χ3v) is 3.40. The van der Waals surface area contributed by atoms with E-state index in [4.69, 9.17) is 11.6 Å². The van der Waals surface area contributed by atoms with E-state index in [1.54, 1.807) is 19.1 Å². The Hall–Kier alpha value is -1.55. The summed E-state index contributed by atoms with van der Waals surface area (Å²) in [4.78, 5) is 24.0. The SMILES string of the molecule is CC(NC(=O)C(C)(C)C)C(=O)NC(C)c1ccc(Cl)cc1. The molecule has 0 spiro atoms. The van der Waals surface area contributed by atoms with Gasteiger partial charge in [0, 0.05) is 10.4 Å². The third kappa shape index (κ3) is 5.38. The standard InChI is InChI=1S/C16H23ClN2O2/c1-10(12-6-8-13(17)9-7-12)18-14(20)11(2)19-15(21)16(3,4)5/h6-11H,1-5H3,(H,18,20)(H,19,21). The molecule has 1 aromatic rings. The third-order valence-electron chi connectivity index (χ3n) is 3.15. The molecular formula is C16H23ClN2O2. The predicted octanol–water partition coefficient (Wildman–Crippen LogP) is 3.07. The Morgan fingerprint density at radius 3 is 2.05 bits per heavy atom. The lowest BCUT2D eigenvalue weighted by Gasteiger charge is -2.23. The molecule has 0 saturated heterocycles. The normalized spacial score (nSPS) is 14.2. The molecule has 0 bridgehead atoms. The lowest BCUT2D eigenvalue weighted by molar-refractivity contribution is -0.133. The molecule has 2 N–H and O–H groups in total. The highest BCUT2D eigenvalue weighted by Crippen LogP contribution is 2.16. The van der Waals surface area contributed by atoms with Crippen LogP contribution in [0.15, 0.2) is 24.3 Å². The second-order valence-electron chi connectivity index (χ2n) is 6.23. The Labute approximate surface area is 131 Å². The zero-order valence-corrected chi connectivity index (χ0v) is 13.9. The van der Waals surface area contributed by atoms with Gasteiger partial charge in [-0.25, -0.2) is 0 Å². The summed E-state index contributed by atoms with van der Waals surface area (Å²) in [6.45, 7) is 8.99. The highest BCUT2D eigenvalue weighted by molar-refractivity contribution is 6.30. The van der Waals surface area contributed by atoms with Gasteiger partial charge in [-0.15, -0.1) is 0 Å². The average Bonchev–Trinajstić information content (AvgIpc) is 2.37. The summed E-state index contributed by atoms with van der Waals surface area (Å²) in [7, 11) is 0. The molecule has 21 heavy (non-hydrogen) atoms. The minimum Gasteiger partial charge on any atom is -0.348 e. The Kier molecular flexibility index (Phi) is 5.78. The number of rotatable bonds is 4. The van der Waals surface area contributed by atoms with Crippen LogP contribution in [0.4, 0.5) is 0 Å². The van der Waals surface area contributed by atoms with E-state index in [1.807, 2.05) is 39.8 Å². The molecule has 0 saturated carbocycles. The van der Waals surface area contributed by atoms with Crippen molar-refractivity contribution in [1.82, 2.24) is 10.6 Å². The van der Waals surface area contributed by atoms with E-state index < -0.39 is 11.5 Å². The van der Waals surface area contributed by atoms with Gasteiger partial charge < -0.3 is 10.6 Å². The average molecular weight is 311 g/mol. The smallest absolute Gasteiger partial charge is 0.242 e. The van der Waals surface area contributed by atoms with E-state index in [1.165, 1.54) is 0 Å². The van der Waals surface area contributed by atoms with Crippen molar-refractivity contribution in [2.24, 2.45) is 5.41 Å². The molecule has 116 valence electrons. The van der Waals surface area contributed by atoms with Gasteiger partial charge in [0.15, 0.2) is 0 Å². The van der Waals surface area contributed by atoms with Gasteiger partial charge in [0.05, 0.1) is 6.04 Å². The van der Waals surface area contributed by atoms with Crippen molar-refractivity contribution >= 4 is 23.4 Å². The van der Waals surface area contributed by atoms with Crippen LogP contribution in [0.1, 0.15) is 46.2 Å². The quantitative estimate of drug-likeness (QED) is 0.898. The Balaban J connectivity index is 2.60. The summed E-state index contributed by atoms with van der Waals surface area (Å²) < 4.78 is 0. The van der Waals surface area contributed by atoms with Crippen LogP contribution in [0, 0.1) is 5.41 Å². The highest BCUT2D eigenvalue weighted by Gasteiger charge is 2.25. The van der Waals surface area contributed by atoms with Crippen molar-refractivity contribution in [3.8, 4) is 0 Å². The first-order valence-corrected chi connectivity index (χ1v) is 7.36. The van der Waals surface area contributed by atoms with Gasteiger partial charge in [0.2, 0.25) is 11.8 Å². The Morgan fingerprint density at radius 1 is 1.05 bits per heavy atom. The number of nitrogens with one attached hydrogen (secondary N) is 2. The van der Waals surface area contributed by atoms with Gasteiger partial charge in [0.1, 0.15) is 6.04 Å². The number of amides is 2. The molecular weight excluding hydrogens is 288 g/mol. The highest BCUT2D eigenvalue weighted by atomic mass is 35.5. The number of benzene rings is 1. The number of hydrogen-bond donors (Lipinski definition) is 2. The topological polar surface area (TPSA) is 58.2 Å². The molecule has 0 heterocycles. The van der Waals surface area contributed by atoms with Gasteiger partial charge in [-0.2, -0.15) is 0 Å². The second kappa shape index (κ2) is 6.94. The number of hydrogen-bond acceptors (Lipinski definition) is 2. The maximum Gasteiger partial charge on any atom is 0.242 e. The van der Waals surface area contributed by atoms with E-state index in [0.29, 0.717) is 5.02 Å². The molecule has 4 nitrogen and oxygen atoms in total. The van der Waals surface area contributed by atoms with Crippen LogP contribution in [0.25, 0.3) is 0 Å². The second-order valence-corrected chi connectivity index (χ2v) is 6.66. The zero-order valence-electron chi connectivity index (χ0n) is 13.2. The van der Waals surface area contributed by atoms with Gasteiger partial charge in [-0.05, 0) is 31.5 Å². The molecule has 5 heteroatoms. The van der Waals surface area contributed by atoms with Crippen molar-refractivity contribution in [3.05, 3.63) is 34.9 Å². The van der Waals surface area contributed by atoms with Gasteiger partial charge in [-0.3, -0.25) is 9.59 Å². The summed E-state index contributed by atoms with van der Waals surface area (Å²) in [6, 6.07) is 6.57. The minimum absolute atomic E-state index is 0.149. The van der Waals surface area contributed by atoms with Crippen LogP contribution in [0.5, 0.6) is 0 Å². The fourth-order valence-electron chi connectivity index (χ4n) is 1.65. The van der Waals surface area contributed by atoms with Crippen LogP contribution >= 0.6 is 11.6 Å². The van der Waals surface area contributed by atoms with Crippen LogP contribution in [-0.4, -0.2) is 17.9 Å². The van der Waals surface area contributed by atoms with Gasteiger partial charge >= 0.3 is 0 Å². The van der Waals surface area contributed by atoms with Crippen LogP contribution < -0.4 is 10.6 Å². The number of carbonyl (C=O) groups excluding carboxylic acids is 2. The molecule has 0 aliphatic carbocycles. The first kappa shape index (κ1) is 17.5. The van der Waals surface area contributed by atoms with E-state index in [2.05, 4.69) is 10.6 Å². The van der Waals surface area contributed by atoms with E-state index in [9.17, 15) is 9.59 Å². The number of halogens is 1. The molecule has 1 rings (SSSR count). The van der Waals surface area contributed by atoms with Crippen molar-refractivity contribution < 1.29 is 9.59 Å². The molecule has 0 fully saturated rings. The Bertz CT molecular complexity index is 506. The van der Waals surface area contributed by atoms with E-state index in [-0.39, 0.29) is 17.9 Å². The van der Waals surface area contributed by atoms with Crippen LogP contribution in [0.2, 0.25) is 5.02 Å². The fraction of sp³-hybridized carbons (Fsp3) is 0.500. The van der Waals surface area contributed by atoms with E-state index >= 15 is 0 Å². The summed E-state index contributed by atoms with van der Waals surface area (Å²) in [5, 5.41) is 6.24. The van der Waals surface area contributed by atoms with Crippen molar-refractivity contribution in [1.29, 1.82) is 0 Å². The maximum absolute atomic E-state index is 12.1. The van der Waals surface area contributed by atoms with Crippen molar-refractivity contribution in [2.45, 2.75) is 46.7 Å². The fourth-order valence-corrected chi connectivity index (χ4v) is 1.78. The van der Waals surface area contributed by atoms with Crippen molar-refractivity contribution in [3.63, 3.8) is 0 Å². The Morgan fingerprint density at radius 2 is 1.57 bits per heavy atom. The molecule has 0 aliphatic heterocycles. The predicted molar refractivity (Wildman–Crippen MR) is 85.1 cm³/mol. The molecule has 2 unspecified atom stereocenters. The van der Waals surface area contributed by atoms with E-state index in [0.717, 1.165) is 5.56 Å². The maximum atomic E-state index is 12.1. The summed E-state index contributed by atoms with van der Waals surface area (Å²) >= 11 is 5.84. The minimum atomic E-state index is -0.577. The lowest BCUT2D eigenvalue weighted by Crippen LogP contribution is -2.48. The monoisotopic (exact) mass is 310 g/mol. The molecule has 2 amide bonds. The molecule has 0 radical (unpaired) electrons. The molecule has 0 aliphatic rings. The van der Waals surface area contributed by atoms with Gasteiger partial charge in [-0.1, -0.05) is 44.5 Å². The number of carbonyl (C=O) groups is 2. The summed E-state index contributed by atoms with van der Waals surface area (Å²) in [5.74, 6) is -0.362. The zero-order chi connectivity index (χ0) is 16.2. The van der Waals surface area contributed by atoms with Gasteiger partial charge in [0.25, 0.3) is 0 Å². The summed E-state index contributed by atoms with van der Waals surface area (Å²) in [5.41, 5.74) is 0.443.